The van der Waals surface area contributed by atoms with Crippen molar-refractivity contribution < 1.29 is 4.74 Å². The minimum atomic E-state index is 0.663. The van der Waals surface area contributed by atoms with Crippen LogP contribution in [0.3, 0.4) is 0 Å². The molecule has 0 fully saturated rings. The number of ether oxygens (including phenoxy) is 1. The summed E-state index contributed by atoms with van der Waals surface area (Å²) in [6.07, 6.45) is 4.13. The summed E-state index contributed by atoms with van der Waals surface area (Å²) in [6, 6.07) is 4.01. The van der Waals surface area contributed by atoms with Crippen LogP contribution in [0.25, 0.3) is 0 Å². The summed E-state index contributed by atoms with van der Waals surface area (Å²) in [5.74, 6) is 0.708. The number of rotatable bonds is 6. The first kappa shape index (κ1) is 11.0. The monoisotopic (exact) mass is 194 g/mol. The fourth-order valence-corrected chi connectivity index (χ4v) is 1.19. The maximum atomic E-state index is 5.41. The van der Waals surface area contributed by atoms with Crippen LogP contribution in [0.4, 0.5) is 0 Å². The highest BCUT2D eigenvalue weighted by Gasteiger charge is 1.95. The molecule has 1 aromatic rings. The molecule has 1 heterocycles. The van der Waals surface area contributed by atoms with E-state index in [0.29, 0.717) is 12.5 Å². The second-order valence-corrected chi connectivity index (χ2v) is 3.21. The van der Waals surface area contributed by atoms with E-state index in [-0.39, 0.29) is 0 Å². The van der Waals surface area contributed by atoms with Crippen LogP contribution in [0.1, 0.15) is 18.9 Å². The first-order chi connectivity index (χ1) is 6.86. The lowest BCUT2D eigenvalue weighted by Crippen LogP contribution is -2.16. The molecule has 1 rings (SSSR count). The number of hydrogen-bond donors (Lipinski definition) is 1. The third kappa shape index (κ3) is 3.75. The molecular formula is C11H18N2O. The minimum Gasteiger partial charge on any atom is -0.476 e. The maximum absolute atomic E-state index is 5.41. The summed E-state index contributed by atoms with van der Waals surface area (Å²) in [4.78, 5) is 4.22. The summed E-state index contributed by atoms with van der Waals surface area (Å²) < 4.78 is 5.41. The normalized spacial score (nSPS) is 10.1. The van der Waals surface area contributed by atoms with E-state index >= 15 is 0 Å². The van der Waals surface area contributed by atoms with E-state index < -0.39 is 0 Å². The van der Waals surface area contributed by atoms with Gasteiger partial charge in [-0.05, 0) is 19.0 Å². The Bertz CT molecular complexity index is 246. The summed E-state index contributed by atoms with van der Waals surface area (Å²) >= 11 is 0. The van der Waals surface area contributed by atoms with Crippen LogP contribution in [-0.2, 0) is 6.42 Å². The van der Waals surface area contributed by atoms with Crippen molar-refractivity contribution in [1.29, 1.82) is 0 Å². The van der Waals surface area contributed by atoms with E-state index in [1.807, 2.05) is 19.3 Å². The zero-order chi connectivity index (χ0) is 10.2. The zero-order valence-electron chi connectivity index (χ0n) is 8.92. The van der Waals surface area contributed by atoms with Crippen molar-refractivity contribution in [2.75, 3.05) is 20.2 Å². The first-order valence-electron chi connectivity index (χ1n) is 5.09. The zero-order valence-corrected chi connectivity index (χ0v) is 8.92. The summed E-state index contributed by atoms with van der Waals surface area (Å²) in [5.41, 5.74) is 1.27. The minimum absolute atomic E-state index is 0.663. The van der Waals surface area contributed by atoms with Gasteiger partial charge in [0.05, 0.1) is 0 Å². The topological polar surface area (TPSA) is 34.1 Å². The predicted molar refractivity (Wildman–Crippen MR) is 57.7 cm³/mol. The Labute approximate surface area is 85.5 Å². The quantitative estimate of drug-likeness (QED) is 0.699. The molecular weight excluding hydrogens is 176 g/mol. The molecule has 78 valence electrons. The van der Waals surface area contributed by atoms with Crippen molar-refractivity contribution >= 4 is 0 Å². The Morgan fingerprint density at radius 1 is 1.43 bits per heavy atom. The van der Waals surface area contributed by atoms with E-state index in [2.05, 4.69) is 23.3 Å². The molecule has 0 radical (unpaired) electrons. The number of hydrogen-bond acceptors (Lipinski definition) is 3. The van der Waals surface area contributed by atoms with Gasteiger partial charge in [-0.15, -0.1) is 0 Å². The summed E-state index contributed by atoms with van der Waals surface area (Å²) in [6.45, 7) is 3.67. The molecule has 0 aromatic carbocycles. The molecule has 0 aliphatic carbocycles. The third-order valence-electron chi connectivity index (χ3n) is 1.94. The van der Waals surface area contributed by atoms with Crippen molar-refractivity contribution in [3.05, 3.63) is 23.9 Å². The van der Waals surface area contributed by atoms with Crippen LogP contribution < -0.4 is 10.1 Å². The molecule has 0 bridgehead atoms. The summed E-state index contributed by atoms with van der Waals surface area (Å²) in [5, 5.41) is 3.02. The van der Waals surface area contributed by atoms with Gasteiger partial charge in [-0.1, -0.05) is 19.4 Å². The molecule has 3 heteroatoms. The van der Waals surface area contributed by atoms with Crippen molar-refractivity contribution in [1.82, 2.24) is 10.3 Å². The molecule has 1 N–H and O–H groups in total. The van der Waals surface area contributed by atoms with Gasteiger partial charge in [-0.2, -0.15) is 0 Å². The number of aryl methyl sites for hydroxylation is 1. The van der Waals surface area contributed by atoms with Gasteiger partial charge < -0.3 is 10.1 Å². The Morgan fingerprint density at radius 2 is 2.29 bits per heavy atom. The highest BCUT2D eigenvalue weighted by Crippen LogP contribution is 2.08. The van der Waals surface area contributed by atoms with E-state index in [4.69, 9.17) is 4.74 Å². The van der Waals surface area contributed by atoms with Gasteiger partial charge in [0.1, 0.15) is 6.61 Å². The Kier molecular flexibility index (Phi) is 5.00. The standard InChI is InChI=1S/C11H18N2O/c1-3-4-10-5-6-11(13-9-10)14-8-7-12-2/h5-6,9,12H,3-4,7-8H2,1-2H3. The highest BCUT2D eigenvalue weighted by molar-refractivity contribution is 5.17. The Morgan fingerprint density at radius 3 is 2.86 bits per heavy atom. The number of pyridine rings is 1. The fraction of sp³-hybridized carbons (Fsp3) is 0.545. The SMILES string of the molecule is CCCc1ccc(OCCNC)nc1. The van der Waals surface area contributed by atoms with Gasteiger partial charge in [-0.25, -0.2) is 4.98 Å². The first-order valence-corrected chi connectivity index (χ1v) is 5.09. The average Bonchev–Trinajstić information content (AvgIpc) is 2.21. The van der Waals surface area contributed by atoms with Gasteiger partial charge in [0.15, 0.2) is 0 Å². The molecule has 0 aliphatic rings. The molecule has 1 aromatic heterocycles. The Hall–Kier alpha value is -1.09. The second-order valence-electron chi connectivity index (χ2n) is 3.21. The van der Waals surface area contributed by atoms with Crippen LogP contribution >= 0.6 is 0 Å². The number of nitrogens with zero attached hydrogens (tertiary/aromatic N) is 1. The summed E-state index contributed by atoms with van der Waals surface area (Å²) in [7, 11) is 1.90. The fourth-order valence-electron chi connectivity index (χ4n) is 1.19. The molecule has 3 nitrogen and oxygen atoms in total. The maximum Gasteiger partial charge on any atom is 0.213 e. The number of nitrogens with one attached hydrogen (secondary N) is 1. The number of likely N-dealkylation sites (N-methyl/N-ethyl adjacent to an activating group) is 1. The second kappa shape index (κ2) is 6.38. The highest BCUT2D eigenvalue weighted by atomic mass is 16.5. The average molecular weight is 194 g/mol. The van der Waals surface area contributed by atoms with Crippen molar-refractivity contribution in [3.8, 4) is 5.88 Å². The molecule has 0 saturated carbocycles. The predicted octanol–water partition coefficient (Wildman–Crippen LogP) is 1.63. The van der Waals surface area contributed by atoms with Crippen LogP contribution in [-0.4, -0.2) is 25.2 Å². The van der Waals surface area contributed by atoms with E-state index in [0.717, 1.165) is 19.4 Å². The van der Waals surface area contributed by atoms with E-state index in [9.17, 15) is 0 Å². The van der Waals surface area contributed by atoms with Crippen LogP contribution in [0, 0.1) is 0 Å². The number of aromatic nitrogens is 1. The van der Waals surface area contributed by atoms with E-state index in [1.165, 1.54) is 5.56 Å². The van der Waals surface area contributed by atoms with Crippen LogP contribution in [0.5, 0.6) is 5.88 Å². The molecule has 0 spiro atoms. The van der Waals surface area contributed by atoms with Gasteiger partial charge in [0, 0.05) is 18.8 Å². The van der Waals surface area contributed by atoms with Gasteiger partial charge in [-0.3, -0.25) is 0 Å². The van der Waals surface area contributed by atoms with Crippen molar-refractivity contribution in [3.63, 3.8) is 0 Å². The van der Waals surface area contributed by atoms with Crippen LogP contribution in [0.15, 0.2) is 18.3 Å². The van der Waals surface area contributed by atoms with Gasteiger partial charge in [0.25, 0.3) is 0 Å². The van der Waals surface area contributed by atoms with Gasteiger partial charge in [0.2, 0.25) is 5.88 Å². The van der Waals surface area contributed by atoms with Gasteiger partial charge >= 0.3 is 0 Å². The van der Waals surface area contributed by atoms with E-state index in [1.54, 1.807) is 0 Å². The third-order valence-corrected chi connectivity index (χ3v) is 1.94. The Balaban J connectivity index is 2.38. The molecule has 0 atom stereocenters. The molecule has 0 aliphatic heterocycles. The largest absolute Gasteiger partial charge is 0.476 e. The molecule has 0 unspecified atom stereocenters. The molecule has 0 amide bonds. The molecule has 14 heavy (non-hydrogen) atoms. The van der Waals surface area contributed by atoms with Crippen molar-refractivity contribution in [2.45, 2.75) is 19.8 Å². The molecule has 0 saturated heterocycles. The lowest BCUT2D eigenvalue weighted by atomic mass is 10.2. The lowest BCUT2D eigenvalue weighted by Gasteiger charge is -2.05. The lowest BCUT2D eigenvalue weighted by molar-refractivity contribution is 0.306. The van der Waals surface area contributed by atoms with Crippen molar-refractivity contribution in [2.24, 2.45) is 0 Å². The smallest absolute Gasteiger partial charge is 0.213 e. The van der Waals surface area contributed by atoms with Crippen LogP contribution in [0.2, 0.25) is 0 Å².